The average molecular weight is 296 g/mol. The molecule has 15 heavy (non-hydrogen) atoms. The van der Waals surface area contributed by atoms with Gasteiger partial charge >= 0.3 is 6.09 Å². The number of ether oxygens (including phenoxy) is 1. The minimum absolute atomic E-state index is 0.0996. The van der Waals surface area contributed by atoms with Crippen molar-refractivity contribution in [3.63, 3.8) is 0 Å². The van der Waals surface area contributed by atoms with E-state index in [1.807, 2.05) is 6.26 Å². The van der Waals surface area contributed by atoms with Gasteiger partial charge in [-0.3, -0.25) is 4.79 Å². The van der Waals surface area contributed by atoms with Crippen LogP contribution in [0.4, 0.5) is 4.79 Å². The van der Waals surface area contributed by atoms with E-state index in [2.05, 4.69) is 15.9 Å². The molecule has 0 bridgehead atoms. The molecule has 86 valence electrons. The molecule has 0 aromatic rings. The smallest absolute Gasteiger partial charge is 0.417 e. The standard InChI is InChI=1S/C9H14BrNO3S/c1-6(10)8(12)11-7(3-4-15-2)5-14-9(11)13/h6-7H,3-5H2,1-2H3/t6?,7-/m0/s1. The number of carbonyl (C=O) groups excluding carboxylic acids is 2. The number of carbonyl (C=O) groups is 2. The molecule has 1 unspecified atom stereocenters. The Labute approximate surface area is 102 Å². The minimum Gasteiger partial charge on any atom is -0.447 e. The van der Waals surface area contributed by atoms with Crippen LogP contribution < -0.4 is 0 Å². The number of amides is 2. The molecule has 1 heterocycles. The predicted molar refractivity (Wildman–Crippen MR) is 63.4 cm³/mol. The van der Waals surface area contributed by atoms with Gasteiger partial charge in [-0.2, -0.15) is 11.8 Å². The summed E-state index contributed by atoms with van der Waals surface area (Å²) in [5, 5.41) is 0. The lowest BCUT2D eigenvalue weighted by Crippen LogP contribution is -2.42. The lowest BCUT2D eigenvalue weighted by Gasteiger charge is -2.20. The molecular weight excluding hydrogens is 282 g/mol. The lowest BCUT2D eigenvalue weighted by molar-refractivity contribution is -0.128. The quantitative estimate of drug-likeness (QED) is 0.743. The largest absolute Gasteiger partial charge is 0.447 e. The highest BCUT2D eigenvalue weighted by Crippen LogP contribution is 2.19. The molecular formula is C9H14BrNO3S. The van der Waals surface area contributed by atoms with Crippen LogP contribution in [0.25, 0.3) is 0 Å². The second kappa shape index (κ2) is 5.75. The van der Waals surface area contributed by atoms with Gasteiger partial charge in [-0.25, -0.2) is 9.69 Å². The van der Waals surface area contributed by atoms with Crippen LogP contribution in [0.5, 0.6) is 0 Å². The number of alkyl halides is 1. The lowest BCUT2D eigenvalue weighted by atomic mass is 10.2. The molecule has 6 heteroatoms. The van der Waals surface area contributed by atoms with Crippen LogP contribution in [0.15, 0.2) is 0 Å². The predicted octanol–water partition coefficient (Wildman–Crippen LogP) is 1.87. The molecule has 1 saturated heterocycles. The molecule has 0 spiro atoms. The van der Waals surface area contributed by atoms with Gasteiger partial charge in [0.2, 0.25) is 5.91 Å². The Bertz CT molecular complexity index is 260. The van der Waals surface area contributed by atoms with Crippen molar-refractivity contribution in [2.24, 2.45) is 0 Å². The zero-order valence-electron chi connectivity index (χ0n) is 8.73. The molecule has 0 N–H and O–H groups in total. The van der Waals surface area contributed by atoms with Crippen molar-refractivity contribution in [2.45, 2.75) is 24.2 Å². The van der Waals surface area contributed by atoms with Gasteiger partial charge < -0.3 is 4.74 Å². The van der Waals surface area contributed by atoms with E-state index in [0.717, 1.165) is 12.2 Å². The van der Waals surface area contributed by atoms with Crippen molar-refractivity contribution >= 4 is 39.7 Å². The second-order valence-corrected chi connectivity index (χ2v) is 5.70. The summed E-state index contributed by atoms with van der Waals surface area (Å²) >= 11 is 4.86. The fraction of sp³-hybridized carbons (Fsp3) is 0.778. The van der Waals surface area contributed by atoms with Crippen molar-refractivity contribution in [3.8, 4) is 0 Å². The van der Waals surface area contributed by atoms with Crippen LogP contribution in [0.3, 0.4) is 0 Å². The summed E-state index contributed by atoms with van der Waals surface area (Å²) in [5.41, 5.74) is 0. The van der Waals surface area contributed by atoms with Crippen molar-refractivity contribution in [1.82, 2.24) is 4.90 Å². The topological polar surface area (TPSA) is 46.6 Å². The number of rotatable bonds is 4. The molecule has 0 aromatic carbocycles. The number of cyclic esters (lactones) is 1. The molecule has 0 saturated carbocycles. The van der Waals surface area contributed by atoms with E-state index in [0.29, 0.717) is 6.61 Å². The van der Waals surface area contributed by atoms with E-state index in [-0.39, 0.29) is 16.8 Å². The maximum Gasteiger partial charge on any atom is 0.417 e. The third-order valence-corrected chi connectivity index (χ3v) is 3.23. The molecule has 0 radical (unpaired) electrons. The summed E-state index contributed by atoms with van der Waals surface area (Å²) in [6, 6.07) is -0.0996. The van der Waals surface area contributed by atoms with E-state index >= 15 is 0 Å². The summed E-state index contributed by atoms with van der Waals surface area (Å²) in [7, 11) is 0. The summed E-state index contributed by atoms with van der Waals surface area (Å²) in [6.07, 6.45) is 2.27. The fourth-order valence-corrected chi connectivity index (χ4v) is 2.12. The Morgan fingerprint density at radius 2 is 2.47 bits per heavy atom. The highest BCUT2D eigenvalue weighted by atomic mass is 79.9. The van der Waals surface area contributed by atoms with Crippen molar-refractivity contribution in [2.75, 3.05) is 18.6 Å². The molecule has 1 fully saturated rings. The van der Waals surface area contributed by atoms with Gasteiger partial charge in [0, 0.05) is 0 Å². The SMILES string of the molecule is CSCC[C@H]1COC(=O)N1C(=O)C(C)Br. The van der Waals surface area contributed by atoms with Crippen LogP contribution in [0.1, 0.15) is 13.3 Å². The Hall–Kier alpha value is -0.230. The van der Waals surface area contributed by atoms with Gasteiger partial charge in [0.1, 0.15) is 6.61 Å². The van der Waals surface area contributed by atoms with Crippen molar-refractivity contribution < 1.29 is 14.3 Å². The maximum absolute atomic E-state index is 11.7. The first-order valence-electron chi connectivity index (χ1n) is 4.70. The Morgan fingerprint density at radius 1 is 1.80 bits per heavy atom. The number of nitrogens with zero attached hydrogens (tertiary/aromatic N) is 1. The van der Waals surface area contributed by atoms with Crippen LogP contribution in [0.2, 0.25) is 0 Å². The molecule has 1 rings (SSSR count). The molecule has 2 atom stereocenters. The van der Waals surface area contributed by atoms with Gasteiger partial charge in [-0.15, -0.1) is 0 Å². The minimum atomic E-state index is -0.516. The van der Waals surface area contributed by atoms with E-state index in [9.17, 15) is 9.59 Å². The van der Waals surface area contributed by atoms with Gasteiger partial charge in [-0.1, -0.05) is 15.9 Å². The van der Waals surface area contributed by atoms with Crippen LogP contribution in [-0.4, -0.2) is 46.4 Å². The fourth-order valence-electron chi connectivity index (χ4n) is 1.39. The molecule has 4 nitrogen and oxygen atoms in total. The summed E-state index contributed by atoms with van der Waals surface area (Å²) in [4.78, 5) is 23.9. The number of imide groups is 1. The number of hydrogen-bond donors (Lipinski definition) is 0. The molecule has 1 aliphatic heterocycles. The summed E-state index contributed by atoms with van der Waals surface area (Å²) in [5.74, 6) is 0.700. The van der Waals surface area contributed by atoms with Crippen LogP contribution >= 0.6 is 27.7 Å². The molecule has 0 aromatic heterocycles. The van der Waals surface area contributed by atoms with Gasteiger partial charge in [-0.05, 0) is 25.4 Å². The first-order valence-corrected chi connectivity index (χ1v) is 7.01. The number of halogens is 1. The zero-order valence-corrected chi connectivity index (χ0v) is 11.1. The number of hydrogen-bond acceptors (Lipinski definition) is 4. The van der Waals surface area contributed by atoms with Gasteiger partial charge in [0.05, 0.1) is 10.9 Å². The highest BCUT2D eigenvalue weighted by molar-refractivity contribution is 9.10. The third-order valence-electron chi connectivity index (χ3n) is 2.19. The first-order chi connectivity index (χ1) is 7.07. The molecule has 0 aliphatic carbocycles. The number of thioether (sulfide) groups is 1. The van der Waals surface area contributed by atoms with Crippen LogP contribution in [-0.2, 0) is 9.53 Å². The average Bonchev–Trinajstić information content (AvgIpc) is 2.55. The summed E-state index contributed by atoms with van der Waals surface area (Å²) < 4.78 is 4.88. The Balaban J connectivity index is 2.64. The second-order valence-electron chi connectivity index (χ2n) is 3.34. The summed E-state index contributed by atoms with van der Waals surface area (Å²) in [6.45, 7) is 2.03. The van der Waals surface area contributed by atoms with Crippen LogP contribution in [0, 0.1) is 0 Å². The monoisotopic (exact) mass is 295 g/mol. The molecule has 2 amide bonds. The Kier molecular flexibility index (Phi) is 4.92. The van der Waals surface area contributed by atoms with Gasteiger partial charge in [0.25, 0.3) is 0 Å². The Morgan fingerprint density at radius 3 is 3.00 bits per heavy atom. The van der Waals surface area contributed by atoms with E-state index in [1.165, 1.54) is 4.90 Å². The third kappa shape index (κ3) is 3.11. The van der Waals surface area contributed by atoms with Crippen molar-refractivity contribution in [1.29, 1.82) is 0 Å². The van der Waals surface area contributed by atoms with Crippen molar-refractivity contribution in [3.05, 3.63) is 0 Å². The van der Waals surface area contributed by atoms with E-state index in [4.69, 9.17) is 4.74 Å². The van der Waals surface area contributed by atoms with E-state index < -0.39 is 6.09 Å². The van der Waals surface area contributed by atoms with E-state index in [1.54, 1.807) is 18.7 Å². The van der Waals surface area contributed by atoms with Gasteiger partial charge in [0.15, 0.2) is 0 Å². The molecule has 1 aliphatic rings. The maximum atomic E-state index is 11.7. The normalized spacial score (nSPS) is 22.7. The first kappa shape index (κ1) is 12.8. The zero-order chi connectivity index (χ0) is 11.4. The highest BCUT2D eigenvalue weighted by Gasteiger charge is 2.38.